The van der Waals surface area contributed by atoms with Gasteiger partial charge in [-0.2, -0.15) is 4.98 Å². The number of hydrogen-bond acceptors (Lipinski definition) is 5. The zero-order valence-corrected chi connectivity index (χ0v) is 9.09. The van der Waals surface area contributed by atoms with Gasteiger partial charge in [0.15, 0.2) is 0 Å². The summed E-state index contributed by atoms with van der Waals surface area (Å²) in [5.74, 6) is -0.289. The number of H-pyrrole nitrogens is 1. The summed E-state index contributed by atoms with van der Waals surface area (Å²) < 4.78 is 0. The van der Waals surface area contributed by atoms with E-state index in [1.54, 1.807) is 0 Å². The Labute approximate surface area is 96.8 Å². The fourth-order valence-electron chi connectivity index (χ4n) is 1.67. The molecule has 0 spiro atoms. The number of aromatic nitrogens is 3. The molecule has 1 aliphatic heterocycles. The Kier molecular flexibility index (Phi) is 3.05. The van der Waals surface area contributed by atoms with E-state index in [2.05, 4.69) is 15.2 Å². The van der Waals surface area contributed by atoms with Crippen LogP contribution in [-0.4, -0.2) is 44.8 Å². The Morgan fingerprint density at radius 3 is 3.00 bits per heavy atom. The zero-order chi connectivity index (χ0) is 12.4. The van der Waals surface area contributed by atoms with Gasteiger partial charge >= 0.3 is 5.97 Å². The van der Waals surface area contributed by atoms with Crippen LogP contribution < -0.4 is 10.6 Å². The summed E-state index contributed by atoms with van der Waals surface area (Å²) in [6.45, 7) is 0.398. The lowest BCUT2D eigenvalue weighted by Gasteiger charge is -2.09. The lowest BCUT2D eigenvalue weighted by molar-refractivity contribution is -0.137. The lowest BCUT2D eigenvalue weighted by atomic mass is 10.3. The predicted octanol–water partition coefficient (Wildman–Crippen LogP) is -1.11. The van der Waals surface area contributed by atoms with Gasteiger partial charge in [-0.3, -0.25) is 19.6 Å². The van der Waals surface area contributed by atoms with Crippen LogP contribution in [0.3, 0.4) is 0 Å². The summed E-state index contributed by atoms with van der Waals surface area (Å²) >= 11 is 0. The first-order chi connectivity index (χ1) is 8.06. The molecule has 8 nitrogen and oxygen atoms in total. The molecule has 1 unspecified atom stereocenters. The number of aromatic amines is 1. The first-order valence-corrected chi connectivity index (χ1v) is 5.25. The van der Waals surface area contributed by atoms with Crippen LogP contribution in [0.4, 0.5) is 5.95 Å². The number of anilines is 1. The van der Waals surface area contributed by atoms with Gasteiger partial charge in [0.05, 0.1) is 6.42 Å². The molecule has 0 radical (unpaired) electrons. The van der Waals surface area contributed by atoms with E-state index in [9.17, 15) is 9.59 Å². The van der Waals surface area contributed by atoms with Gasteiger partial charge in [-0.05, 0) is 0 Å². The smallest absolute Gasteiger partial charge is 0.303 e. The quantitative estimate of drug-likeness (QED) is 0.611. The third-order valence-electron chi connectivity index (χ3n) is 2.49. The van der Waals surface area contributed by atoms with Crippen molar-refractivity contribution in [1.82, 2.24) is 15.2 Å². The van der Waals surface area contributed by atoms with E-state index in [4.69, 9.17) is 10.8 Å². The largest absolute Gasteiger partial charge is 0.481 e. The minimum Gasteiger partial charge on any atom is -0.481 e. The van der Waals surface area contributed by atoms with E-state index in [1.165, 1.54) is 4.90 Å². The highest BCUT2D eigenvalue weighted by Gasteiger charge is 2.30. The molecule has 1 aromatic heterocycles. The van der Waals surface area contributed by atoms with Gasteiger partial charge < -0.3 is 10.8 Å². The van der Waals surface area contributed by atoms with E-state index in [0.29, 0.717) is 18.8 Å². The molecule has 0 aromatic carbocycles. The van der Waals surface area contributed by atoms with E-state index in [0.717, 1.165) is 0 Å². The molecule has 0 saturated carbocycles. The summed E-state index contributed by atoms with van der Waals surface area (Å²) in [6, 6.07) is -0.191. The Balaban J connectivity index is 2.03. The van der Waals surface area contributed by atoms with E-state index >= 15 is 0 Å². The van der Waals surface area contributed by atoms with Crippen molar-refractivity contribution in [2.75, 3.05) is 11.4 Å². The van der Waals surface area contributed by atoms with Gasteiger partial charge in [-0.15, -0.1) is 5.10 Å². The topological polar surface area (TPSA) is 125 Å². The average Bonchev–Trinajstić information content (AvgIpc) is 2.82. The molecule has 4 N–H and O–H groups in total. The minimum absolute atomic E-state index is 0.0257. The van der Waals surface area contributed by atoms with Crippen molar-refractivity contribution in [3.63, 3.8) is 0 Å². The van der Waals surface area contributed by atoms with E-state index < -0.39 is 5.97 Å². The van der Waals surface area contributed by atoms with Crippen LogP contribution in [0.25, 0.3) is 0 Å². The highest BCUT2D eigenvalue weighted by Crippen LogP contribution is 2.16. The molecular formula is C9H13N5O3. The summed E-state index contributed by atoms with van der Waals surface area (Å²) in [7, 11) is 0. The number of carboxylic acids is 1. The van der Waals surface area contributed by atoms with E-state index in [1.807, 2.05) is 0 Å². The van der Waals surface area contributed by atoms with Crippen molar-refractivity contribution in [1.29, 1.82) is 0 Å². The molecule has 92 valence electrons. The standard InChI is InChI=1S/C9H13N5O3/c10-5-3-7(15)14(4-5)9-11-6(12-13-9)1-2-8(16)17/h5H,1-4,10H2,(H,16,17)(H,11,12,13). The molecule has 17 heavy (non-hydrogen) atoms. The third kappa shape index (κ3) is 2.59. The highest BCUT2D eigenvalue weighted by atomic mass is 16.4. The predicted molar refractivity (Wildman–Crippen MR) is 57.3 cm³/mol. The number of nitrogens with zero attached hydrogens (tertiary/aromatic N) is 3. The molecule has 1 aromatic rings. The number of hydrogen-bond donors (Lipinski definition) is 3. The number of carbonyl (C=O) groups excluding carboxylic acids is 1. The maximum atomic E-state index is 11.5. The summed E-state index contributed by atoms with van der Waals surface area (Å²) in [5, 5.41) is 15.0. The number of rotatable bonds is 4. The maximum Gasteiger partial charge on any atom is 0.303 e. The first kappa shape index (κ1) is 11.5. The maximum absolute atomic E-state index is 11.5. The highest BCUT2D eigenvalue weighted by molar-refractivity contribution is 5.94. The second-order valence-corrected chi connectivity index (χ2v) is 3.94. The molecule has 2 heterocycles. The van der Waals surface area contributed by atoms with Crippen molar-refractivity contribution in [2.45, 2.75) is 25.3 Å². The summed E-state index contributed by atoms with van der Waals surface area (Å²) in [4.78, 5) is 27.4. The monoisotopic (exact) mass is 239 g/mol. The second-order valence-electron chi connectivity index (χ2n) is 3.94. The van der Waals surface area contributed by atoms with Gasteiger partial charge in [0.25, 0.3) is 5.95 Å². The number of aliphatic carboxylic acids is 1. The fraction of sp³-hybridized carbons (Fsp3) is 0.556. The Bertz CT molecular complexity index is 444. The number of aryl methyl sites for hydroxylation is 1. The van der Waals surface area contributed by atoms with Crippen LogP contribution in [0.15, 0.2) is 0 Å². The Morgan fingerprint density at radius 2 is 2.41 bits per heavy atom. The summed E-state index contributed by atoms with van der Waals surface area (Å²) in [6.07, 6.45) is 0.525. The third-order valence-corrected chi connectivity index (χ3v) is 2.49. The van der Waals surface area contributed by atoms with Gasteiger partial charge in [-0.1, -0.05) is 0 Å². The molecule has 1 aliphatic rings. The van der Waals surface area contributed by atoms with Crippen molar-refractivity contribution in [3.05, 3.63) is 5.82 Å². The number of nitrogens with one attached hydrogen (secondary N) is 1. The molecule has 0 aliphatic carbocycles. The van der Waals surface area contributed by atoms with Crippen LogP contribution in [0.2, 0.25) is 0 Å². The molecule has 1 amide bonds. The fourth-order valence-corrected chi connectivity index (χ4v) is 1.67. The van der Waals surface area contributed by atoms with Crippen LogP contribution >= 0.6 is 0 Å². The number of amides is 1. The molecule has 1 saturated heterocycles. The Morgan fingerprint density at radius 1 is 1.65 bits per heavy atom. The van der Waals surface area contributed by atoms with E-state index in [-0.39, 0.29) is 30.7 Å². The van der Waals surface area contributed by atoms with Crippen LogP contribution in [0, 0.1) is 0 Å². The minimum atomic E-state index is -0.901. The molecule has 8 heteroatoms. The lowest BCUT2D eigenvalue weighted by Crippen LogP contribution is -2.28. The van der Waals surface area contributed by atoms with Gasteiger partial charge in [-0.25, -0.2) is 0 Å². The molecule has 1 fully saturated rings. The van der Waals surface area contributed by atoms with Gasteiger partial charge in [0, 0.05) is 25.4 Å². The second kappa shape index (κ2) is 4.50. The zero-order valence-electron chi connectivity index (χ0n) is 9.09. The molecule has 0 bridgehead atoms. The average molecular weight is 239 g/mol. The normalized spacial score (nSPS) is 19.9. The molecule has 2 rings (SSSR count). The van der Waals surface area contributed by atoms with Gasteiger partial charge in [0.2, 0.25) is 5.91 Å². The SMILES string of the molecule is NC1CC(=O)N(c2n[nH]c(CCC(=O)O)n2)C1. The van der Waals surface area contributed by atoms with Crippen molar-refractivity contribution < 1.29 is 14.7 Å². The molecule has 1 atom stereocenters. The van der Waals surface area contributed by atoms with Crippen molar-refractivity contribution in [3.8, 4) is 0 Å². The van der Waals surface area contributed by atoms with Crippen LogP contribution in [0.1, 0.15) is 18.7 Å². The van der Waals surface area contributed by atoms with Crippen molar-refractivity contribution >= 4 is 17.8 Å². The number of nitrogens with two attached hydrogens (primary N) is 1. The van der Waals surface area contributed by atoms with Crippen molar-refractivity contribution in [2.24, 2.45) is 5.73 Å². The first-order valence-electron chi connectivity index (χ1n) is 5.25. The van der Waals surface area contributed by atoms with Crippen LogP contribution in [-0.2, 0) is 16.0 Å². The Hall–Kier alpha value is -1.96. The van der Waals surface area contributed by atoms with Crippen LogP contribution in [0.5, 0.6) is 0 Å². The number of carbonyl (C=O) groups is 2. The summed E-state index contributed by atoms with van der Waals surface area (Å²) in [5.41, 5.74) is 5.65. The van der Waals surface area contributed by atoms with Gasteiger partial charge in [0.1, 0.15) is 5.82 Å². The number of carboxylic acid groups (broad SMARTS) is 1. The molecular weight excluding hydrogens is 226 g/mol.